The Labute approximate surface area is 170 Å². The van der Waals surface area contributed by atoms with Crippen molar-refractivity contribution >= 4 is 34.1 Å². The number of carbonyl (C=O) groups excluding carboxylic acids is 1. The molecule has 1 aliphatic rings. The van der Waals surface area contributed by atoms with Crippen LogP contribution in [0.15, 0.2) is 53.6 Å². The Bertz CT molecular complexity index is 1050. The quantitative estimate of drug-likeness (QED) is 0.475. The van der Waals surface area contributed by atoms with E-state index < -0.39 is 0 Å². The van der Waals surface area contributed by atoms with Crippen LogP contribution in [0.5, 0.6) is 0 Å². The number of hydrazone groups is 1. The van der Waals surface area contributed by atoms with Crippen LogP contribution in [0.3, 0.4) is 0 Å². The van der Waals surface area contributed by atoms with Crippen LogP contribution in [-0.4, -0.2) is 16.2 Å². The number of hydrogen-bond acceptors (Lipinski definition) is 2. The molecule has 2 aromatic carbocycles. The van der Waals surface area contributed by atoms with Gasteiger partial charge in [-0.2, -0.15) is 5.10 Å². The van der Waals surface area contributed by atoms with Crippen LogP contribution in [0.4, 0.5) is 0 Å². The van der Waals surface area contributed by atoms with Crippen LogP contribution in [-0.2, 0) is 24.2 Å². The highest BCUT2D eigenvalue weighted by Gasteiger charge is 2.19. The van der Waals surface area contributed by atoms with Gasteiger partial charge in [-0.1, -0.05) is 48.0 Å². The lowest BCUT2D eigenvalue weighted by Crippen LogP contribution is -2.21. The number of rotatable bonds is 5. The van der Waals surface area contributed by atoms with Crippen LogP contribution in [0, 0.1) is 0 Å². The highest BCUT2D eigenvalue weighted by molar-refractivity contribution is 6.34. The van der Waals surface area contributed by atoms with Crippen LogP contribution in [0.1, 0.15) is 43.0 Å². The Hall–Kier alpha value is -2.59. The summed E-state index contributed by atoms with van der Waals surface area (Å²) in [5, 5.41) is 6.19. The van der Waals surface area contributed by atoms with Crippen LogP contribution < -0.4 is 5.43 Å². The standard InChI is InChI=1S/C23H24ClN3O/c1-16(17-8-2-5-11-20(17)24)25-26-23(28)14-15-27-21-12-6-3-9-18(21)19-10-4-7-13-22(19)27/h2-3,5-6,8-9,11-12H,4,7,10,13-15H2,1H3,(H,26,28). The van der Waals surface area contributed by atoms with Crippen LogP contribution >= 0.6 is 11.6 Å². The second-order valence-electron chi connectivity index (χ2n) is 7.26. The zero-order valence-electron chi connectivity index (χ0n) is 16.0. The summed E-state index contributed by atoms with van der Waals surface area (Å²) in [5.41, 5.74) is 8.30. The smallest absolute Gasteiger partial charge is 0.241 e. The number of hydrogen-bond donors (Lipinski definition) is 1. The highest BCUT2D eigenvalue weighted by atomic mass is 35.5. The summed E-state index contributed by atoms with van der Waals surface area (Å²) >= 11 is 6.19. The number of halogens is 1. The third-order valence-electron chi connectivity index (χ3n) is 5.46. The molecule has 5 heteroatoms. The van der Waals surface area contributed by atoms with Gasteiger partial charge in [-0.3, -0.25) is 4.79 Å². The van der Waals surface area contributed by atoms with Gasteiger partial charge in [-0.25, -0.2) is 5.43 Å². The molecule has 4 rings (SSSR count). The van der Waals surface area contributed by atoms with Crippen molar-refractivity contribution in [3.05, 3.63) is 70.4 Å². The number of aromatic nitrogens is 1. The van der Waals surface area contributed by atoms with Crippen LogP contribution in [0.25, 0.3) is 10.9 Å². The Morgan fingerprint density at radius 2 is 1.86 bits per heavy atom. The van der Waals surface area contributed by atoms with E-state index in [9.17, 15) is 4.79 Å². The number of fused-ring (bicyclic) bond motifs is 3. The Morgan fingerprint density at radius 3 is 2.71 bits per heavy atom. The summed E-state index contributed by atoms with van der Waals surface area (Å²) in [5.74, 6) is -0.0891. The van der Waals surface area contributed by atoms with Gasteiger partial charge in [0.05, 0.1) is 5.71 Å². The summed E-state index contributed by atoms with van der Waals surface area (Å²) in [4.78, 5) is 12.4. The molecule has 0 atom stereocenters. The number of amides is 1. The van der Waals surface area contributed by atoms with Gasteiger partial charge in [-0.05, 0) is 50.3 Å². The fourth-order valence-corrected chi connectivity index (χ4v) is 4.35. The highest BCUT2D eigenvalue weighted by Crippen LogP contribution is 2.32. The molecule has 3 aromatic rings. The molecule has 0 radical (unpaired) electrons. The predicted molar refractivity (Wildman–Crippen MR) is 115 cm³/mol. The largest absolute Gasteiger partial charge is 0.344 e. The van der Waals surface area contributed by atoms with Crippen molar-refractivity contribution in [3.63, 3.8) is 0 Å². The molecular formula is C23H24ClN3O. The minimum Gasteiger partial charge on any atom is -0.344 e. The van der Waals surface area contributed by atoms with Crippen molar-refractivity contribution in [2.45, 2.75) is 45.6 Å². The summed E-state index contributed by atoms with van der Waals surface area (Å²) < 4.78 is 2.33. The number of benzene rings is 2. The topological polar surface area (TPSA) is 46.4 Å². The third kappa shape index (κ3) is 3.69. The van der Waals surface area contributed by atoms with E-state index in [1.165, 1.54) is 35.0 Å². The molecule has 1 heterocycles. The first kappa shape index (κ1) is 18.8. The molecule has 0 saturated heterocycles. The lowest BCUT2D eigenvalue weighted by molar-refractivity contribution is -0.121. The summed E-state index contributed by atoms with van der Waals surface area (Å²) in [6.45, 7) is 2.51. The van der Waals surface area contributed by atoms with Crippen molar-refractivity contribution in [1.29, 1.82) is 0 Å². The summed E-state index contributed by atoms with van der Waals surface area (Å²) in [6.07, 6.45) is 5.09. The molecule has 0 saturated carbocycles. The van der Waals surface area contributed by atoms with Crippen molar-refractivity contribution in [3.8, 4) is 0 Å². The van der Waals surface area contributed by atoms with Gasteiger partial charge in [0.2, 0.25) is 5.91 Å². The zero-order chi connectivity index (χ0) is 19.5. The van der Waals surface area contributed by atoms with Gasteiger partial charge >= 0.3 is 0 Å². The first-order chi connectivity index (χ1) is 13.6. The predicted octanol–water partition coefficient (Wildman–Crippen LogP) is 5.10. The Balaban J connectivity index is 1.47. The van der Waals surface area contributed by atoms with Crippen molar-refractivity contribution in [2.75, 3.05) is 0 Å². The maximum absolute atomic E-state index is 12.4. The second kappa shape index (κ2) is 8.19. The van der Waals surface area contributed by atoms with Gasteiger partial charge in [-0.15, -0.1) is 0 Å². The van der Waals surface area contributed by atoms with Gasteiger partial charge < -0.3 is 4.57 Å². The molecular weight excluding hydrogens is 370 g/mol. The van der Waals surface area contributed by atoms with Gasteiger partial charge in [0.1, 0.15) is 0 Å². The Morgan fingerprint density at radius 1 is 1.11 bits per heavy atom. The molecule has 0 bridgehead atoms. The maximum atomic E-state index is 12.4. The van der Waals surface area contributed by atoms with E-state index >= 15 is 0 Å². The fraction of sp³-hybridized carbons (Fsp3) is 0.304. The maximum Gasteiger partial charge on any atom is 0.241 e. The Kier molecular flexibility index (Phi) is 5.49. The summed E-state index contributed by atoms with van der Waals surface area (Å²) in [6, 6.07) is 16.0. The number of carbonyl (C=O) groups is 1. The molecule has 1 aromatic heterocycles. The monoisotopic (exact) mass is 393 g/mol. The zero-order valence-corrected chi connectivity index (χ0v) is 16.8. The second-order valence-corrected chi connectivity index (χ2v) is 7.67. The minimum atomic E-state index is -0.0891. The van der Waals surface area contributed by atoms with Gasteiger partial charge in [0.15, 0.2) is 0 Å². The number of nitrogens with one attached hydrogen (secondary N) is 1. The lowest BCUT2D eigenvalue weighted by Gasteiger charge is -2.15. The number of para-hydroxylation sites is 1. The van der Waals surface area contributed by atoms with E-state index in [-0.39, 0.29) is 5.91 Å². The molecule has 0 aliphatic heterocycles. The van der Waals surface area contributed by atoms with Crippen molar-refractivity contribution in [2.24, 2.45) is 5.10 Å². The molecule has 0 unspecified atom stereocenters. The molecule has 28 heavy (non-hydrogen) atoms. The van der Waals surface area contributed by atoms with E-state index in [4.69, 9.17) is 11.6 Å². The average Bonchev–Trinajstić information content (AvgIpc) is 3.05. The molecule has 144 valence electrons. The molecule has 4 nitrogen and oxygen atoms in total. The normalized spacial score (nSPS) is 14.1. The van der Waals surface area contributed by atoms with E-state index in [0.29, 0.717) is 23.7 Å². The van der Waals surface area contributed by atoms with E-state index in [1.807, 2.05) is 31.2 Å². The first-order valence-corrected chi connectivity index (χ1v) is 10.2. The summed E-state index contributed by atoms with van der Waals surface area (Å²) in [7, 11) is 0. The number of nitrogens with zero attached hydrogens (tertiary/aromatic N) is 2. The van der Waals surface area contributed by atoms with Crippen molar-refractivity contribution < 1.29 is 4.79 Å². The van der Waals surface area contributed by atoms with E-state index in [0.717, 1.165) is 18.4 Å². The van der Waals surface area contributed by atoms with Crippen LogP contribution in [0.2, 0.25) is 5.02 Å². The third-order valence-corrected chi connectivity index (χ3v) is 5.79. The van der Waals surface area contributed by atoms with E-state index in [1.54, 1.807) is 0 Å². The minimum absolute atomic E-state index is 0.0891. The lowest BCUT2D eigenvalue weighted by atomic mass is 9.95. The molecule has 0 fully saturated rings. The van der Waals surface area contributed by atoms with E-state index in [2.05, 4.69) is 39.4 Å². The number of aryl methyl sites for hydroxylation is 2. The molecule has 0 spiro atoms. The first-order valence-electron chi connectivity index (χ1n) is 9.82. The molecule has 1 amide bonds. The van der Waals surface area contributed by atoms with Gasteiger partial charge in [0, 0.05) is 40.1 Å². The average molecular weight is 394 g/mol. The van der Waals surface area contributed by atoms with Gasteiger partial charge in [0.25, 0.3) is 0 Å². The molecule has 1 N–H and O–H groups in total. The van der Waals surface area contributed by atoms with Crippen molar-refractivity contribution in [1.82, 2.24) is 9.99 Å². The molecule has 1 aliphatic carbocycles. The SMILES string of the molecule is CC(=NNC(=O)CCn1c2c(c3ccccc31)CCCC2)c1ccccc1Cl. The fourth-order valence-electron chi connectivity index (χ4n) is 4.07.